The molecule has 0 N–H and O–H groups in total. The van der Waals surface area contributed by atoms with Gasteiger partial charge in [0.25, 0.3) is 11.1 Å². The van der Waals surface area contributed by atoms with Crippen LogP contribution in [0.1, 0.15) is 12.5 Å². The normalized spacial score (nSPS) is 10.7. The van der Waals surface area contributed by atoms with Crippen molar-refractivity contribution in [2.24, 2.45) is 0 Å². The second-order valence-electron chi connectivity index (χ2n) is 5.01. The highest BCUT2D eigenvalue weighted by Crippen LogP contribution is 2.34. The van der Waals surface area contributed by atoms with Crippen molar-refractivity contribution in [1.29, 1.82) is 0 Å². The Labute approximate surface area is 155 Å². The minimum absolute atomic E-state index is 0.428. The summed E-state index contributed by atoms with van der Waals surface area (Å²) in [5.74, 6) is 2.45. The summed E-state index contributed by atoms with van der Waals surface area (Å²) in [6, 6.07) is 13.1. The Morgan fingerprint density at radius 2 is 1.88 bits per heavy atom. The molecule has 3 aromatic rings. The highest BCUT2D eigenvalue weighted by atomic mass is 35.5. The summed E-state index contributed by atoms with van der Waals surface area (Å²) in [4.78, 5) is 0. The van der Waals surface area contributed by atoms with Gasteiger partial charge in [0.15, 0.2) is 0 Å². The molecule has 0 bridgehead atoms. The van der Waals surface area contributed by atoms with Gasteiger partial charge < -0.3 is 13.9 Å². The van der Waals surface area contributed by atoms with E-state index < -0.39 is 0 Å². The van der Waals surface area contributed by atoms with E-state index in [0.29, 0.717) is 28.5 Å². The van der Waals surface area contributed by atoms with Gasteiger partial charge in [0.1, 0.15) is 11.5 Å². The summed E-state index contributed by atoms with van der Waals surface area (Å²) in [6.07, 6.45) is 0. The van der Waals surface area contributed by atoms with Crippen LogP contribution >= 0.6 is 23.4 Å². The maximum atomic E-state index is 6.25. The Balaban J connectivity index is 1.77. The Bertz CT molecular complexity index is 854. The second-order valence-corrected chi connectivity index (χ2v) is 6.35. The quantitative estimate of drug-likeness (QED) is 0.535. The fourth-order valence-corrected chi connectivity index (χ4v) is 3.42. The van der Waals surface area contributed by atoms with E-state index in [4.69, 9.17) is 25.5 Å². The number of hydrogen-bond donors (Lipinski definition) is 0. The number of para-hydroxylation sites is 1. The lowest BCUT2D eigenvalue weighted by Gasteiger charge is -2.08. The zero-order chi connectivity index (χ0) is 17.6. The molecule has 0 atom stereocenters. The van der Waals surface area contributed by atoms with E-state index in [-0.39, 0.29) is 0 Å². The summed E-state index contributed by atoms with van der Waals surface area (Å²) in [6.45, 7) is 2.50. The van der Waals surface area contributed by atoms with Crippen molar-refractivity contribution in [3.05, 3.63) is 53.1 Å². The van der Waals surface area contributed by atoms with Crippen molar-refractivity contribution >= 4 is 23.4 Å². The molecule has 0 saturated heterocycles. The fraction of sp³-hybridized carbons (Fsp3) is 0.222. The zero-order valence-corrected chi connectivity index (χ0v) is 15.4. The van der Waals surface area contributed by atoms with Crippen LogP contribution in [0.5, 0.6) is 11.5 Å². The number of aromatic nitrogens is 2. The predicted octanol–water partition coefficient (Wildman–Crippen LogP) is 5.09. The van der Waals surface area contributed by atoms with E-state index in [0.717, 1.165) is 22.6 Å². The highest BCUT2D eigenvalue weighted by molar-refractivity contribution is 7.98. The Morgan fingerprint density at radius 1 is 1.08 bits per heavy atom. The third-order valence-corrected chi connectivity index (χ3v) is 4.66. The maximum Gasteiger partial charge on any atom is 0.277 e. The molecule has 0 aliphatic heterocycles. The largest absolute Gasteiger partial charge is 0.496 e. The molecule has 0 aliphatic rings. The van der Waals surface area contributed by atoms with Gasteiger partial charge in [0.05, 0.1) is 19.3 Å². The molecule has 0 spiro atoms. The van der Waals surface area contributed by atoms with Crippen molar-refractivity contribution in [2.45, 2.75) is 17.9 Å². The average Bonchev–Trinajstić information content (AvgIpc) is 3.10. The van der Waals surface area contributed by atoms with Crippen molar-refractivity contribution < 1.29 is 13.9 Å². The van der Waals surface area contributed by atoms with Crippen LogP contribution in [0.3, 0.4) is 0 Å². The van der Waals surface area contributed by atoms with Gasteiger partial charge in [-0.25, -0.2) is 0 Å². The van der Waals surface area contributed by atoms with Gasteiger partial charge in [-0.05, 0) is 31.2 Å². The number of halogens is 1. The molecule has 130 valence electrons. The molecular formula is C18H17ClN2O3S. The van der Waals surface area contributed by atoms with E-state index in [2.05, 4.69) is 10.2 Å². The van der Waals surface area contributed by atoms with Crippen molar-refractivity contribution in [3.8, 4) is 23.0 Å². The van der Waals surface area contributed by atoms with Gasteiger partial charge in [0.2, 0.25) is 0 Å². The van der Waals surface area contributed by atoms with Crippen molar-refractivity contribution in [3.63, 3.8) is 0 Å². The van der Waals surface area contributed by atoms with Crippen LogP contribution in [0.25, 0.3) is 11.5 Å². The van der Waals surface area contributed by atoms with Crippen molar-refractivity contribution in [2.75, 3.05) is 13.7 Å². The molecular weight excluding hydrogens is 360 g/mol. The van der Waals surface area contributed by atoms with Gasteiger partial charge in [-0.3, -0.25) is 0 Å². The van der Waals surface area contributed by atoms with Crippen LogP contribution in [-0.4, -0.2) is 23.9 Å². The molecule has 7 heteroatoms. The summed E-state index contributed by atoms with van der Waals surface area (Å²) >= 11 is 7.66. The highest BCUT2D eigenvalue weighted by Gasteiger charge is 2.15. The van der Waals surface area contributed by atoms with E-state index in [9.17, 15) is 0 Å². The first-order valence-electron chi connectivity index (χ1n) is 7.72. The smallest absolute Gasteiger partial charge is 0.277 e. The van der Waals surface area contributed by atoms with E-state index in [1.54, 1.807) is 7.11 Å². The maximum absolute atomic E-state index is 6.25. The standard InChI is InChI=1S/C18H17ClN2O3S/c1-3-23-16-9-5-4-7-12(16)17-20-21-18(24-17)25-11-13-14(19)8-6-10-15(13)22-2/h4-10H,3,11H2,1-2H3. The van der Waals surface area contributed by atoms with Gasteiger partial charge in [0, 0.05) is 16.3 Å². The molecule has 0 aliphatic carbocycles. The van der Waals surface area contributed by atoms with Crippen LogP contribution in [0.2, 0.25) is 5.02 Å². The molecule has 0 saturated carbocycles. The van der Waals surface area contributed by atoms with E-state index >= 15 is 0 Å². The van der Waals surface area contributed by atoms with E-state index in [1.165, 1.54) is 11.8 Å². The molecule has 0 radical (unpaired) electrons. The van der Waals surface area contributed by atoms with E-state index in [1.807, 2.05) is 49.4 Å². The zero-order valence-electron chi connectivity index (χ0n) is 13.9. The Hall–Kier alpha value is -2.18. The number of hydrogen-bond acceptors (Lipinski definition) is 6. The molecule has 0 fully saturated rings. The molecule has 0 unspecified atom stereocenters. The molecule has 2 aromatic carbocycles. The number of benzene rings is 2. The summed E-state index contributed by atoms with van der Waals surface area (Å²) < 4.78 is 16.7. The minimum Gasteiger partial charge on any atom is -0.496 e. The third kappa shape index (κ3) is 4.08. The summed E-state index contributed by atoms with van der Waals surface area (Å²) in [5.41, 5.74) is 1.67. The third-order valence-electron chi connectivity index (χ3n) is 3.46. The number of ether oxygens (including phenoxy) is 2. The molecule has 1 heterocycles. The monoisotopic (exact) mass is 376 g/mol. The fourth-order valence-electron chi connectivity index (χ4n) is 2.31. The Kier molecular flexibility index (Phi) is 5.83. The Morgan fingerprint density at radius 3 is 2.68 bits per heavy atom. The van der Waals surface area contributed by atoms with Crippen LogP contribution in [-0.2, 0) is 5.75 Å². The van der Waals surface area contributed by atoms with Crippen LogP contribution in [0.15, 0.2) is 52.1 Å². The average molecular weight is 377 g/mol. The second kappa shape index (κ2) is 8.27. The topological polar surface area (TPSA) is 57.4 Å². The lowest BCUT2D eigenvalue weighted by molar-refractivity contribution is 0.340. The first-order valence-corrected chi connectivity index (χ1v) is 9.09. The number of methoxy groups -OCH3 is 1. The SMILES string of the molecule is CCOc1ccccc1-c1nnc(SCc2c(Cl)cccc2OC)o1. The summed E-state index contributed by atoms with van der Waals surface area (Å²) in [5, 5.41) is 9.33. The van der Waals surface area contributed by atoms with Crippen LogP contribution < -0.4 is 9.47 Å². The number of rotatable bonds is 7. The minimum atomic E-state index is 0.428. The number of nitrogens with zero attached hydrogens (tertiary/aromatic N) is 2. The van der Waals surface area contributed by atoms with Gasteiger partial charge in [-0.15, -0.1) is 10.2 Å². The van der Waals surface area contributed by atoms with Gasteiger partial charge >= 0.3 is 0 Å². The summed E-state index contributed by atoms with van der Waals surface area (Å²) in [7, 11) is 1.62. The molecule has 5 nitrogen and oxygen atoms in total. The first-order chi connectivity index (χ1) is 12.2. The lowest BCUT2D eigenvalue weighted by Crippen LogP contribution is -1.93. The lowest BCUT2D eigenvalue weighted by atomic mass is 10.2. The van der Waals surface area contributed by atoms with Gasteiger partial charge in [-0.2, -0.15) is 0 Å². The molecule has 25 heavy (non-hydrogen) atoms. The predicted molar refractivity (Wildman–Crippen MR) is 98.5 cm³/mol. The first kappa shape index (κ1) is 17.6. The molecule has 1 aromatic heterocycles. The number of thioether (sulfide) groups is 1. The molecule has 3 rings (SSSR count). The molecule has 0 amide bonds. The van der Waals surface area contributed by atoms with Crippen LogP contribution in [0, 0.1) is 0 Å². The van der Waals surface area contributed by atoms with Crippen LogP contribution in [0.4, 0.5) is 0 Å². The van der Waals surface area contributed by atoms with Gasteiger partial charge in [-0.1, -0.05) is 41.6 Å². The van der Waals surface area contributed by atoms with Crippen molar-refractivity contribution in [1.82, 2.24) is 10.2 Å².